The maximum absolute atomic E-state index is 14.6. The van der Waals surface area contributed by atoms with E-state index in [1.807, 2.05) is 7.05 Å². The molecule has 29 heavy (non-hydrogen) atoms. The van der Waals surface area contributed by atoms with E-state index in [9.17, 15) is 9.18 Å². The molecular weight excluding hydrogens is 375 g/mol. The van der Waals surface area contributed by atoms with Crippen LogP contribution in [0.1, 0.15) is 36.0 Å². The molecule has 3 aromatic heterocycles. The number of anilines is 3. The van der Waals surface area contributed by atoms with Gasteiger partial charge >= 0.3 is 0 Å². The number of hydrogen-bond donors (Lipinski definition) is 4. The quantitative estimate of drug-likeness (QED) is 0.516. The average molecular weight is 398 g/mol. The highest BCUT2D eigenvalue weighted by atomic mass is 19.1. The Labute approximate surface area is 166 Å². The summed E-state index contributed by atoms with van der Waals surface area (Å²) in [6.45, 7) is 0. The van der Waals surface area contributed by atoms with Gasteiger partial charge in [-0.2, -0.15) is 0 Å². The predicted octanol–water partition coefficient (Wildman–Crippen LogP) is 2.03. The number of fused-ring (bicyclic) bond motifs is 1. The SMILES string of the molecule is Cn1cnc2cc(Nc3nc(NC4CCCCC4N)c(F)cc3C(N)=O)cnc21. The number of imidazole rings is 1. The van der Waals surface area contributed by atoms with Crippen LogP contribution in [0.4, 0.5) is 21.7 Å². The molecule has 152 valence electrons. The van der Waals surface area contributed by atoms with Crippen molar-refractivity contribution in [2.45, 2.75) is 37.8 Å². The molecule has 0 radical (unpaired) electrons. The molecule has 1 saturated carbocycles. The van der Waals surface area contributed by atoms with Crippen LogP contribution in [0.5, 0.6) is 0 Å². The summed E-state index contributed by atoms with van der Waals surface area (Å²) in [6, 6.07) is 2.70. The van der Waals surface area contributed by atoms with Gasteiger partial charge in [0.2, 0.25) is 0 Å². The van der Waals surface area contributed by atoms with Crippen molar-refractivity contribution >= 4 is 34.4 Å². The van der Waals surface area contributed by atoms with E-state index in [1.165, 1.54) is 0 Å². The fourth-order valence-electron chi connectivity index (χ4n) is 3.61. The molecule has 6 N–H and O–H groups in total. The summed E-state index contributed by atoms with van der Waals surface area (Å²) in [5, 5.41) is 6.10. The molecule has 2 unspecified atom stereocenters. The fraction of sp³-hybridized carbons (Fsp3) is 0.368. The van der Waals surface area contributed by atoms with E-state index >= 15 is 0 Å². The van der Waals surface area contributed by atoms with Crippen LogP contribution >= 0.6 is 0 Å². The van der Waals surface area contributed by atoms with Crippen molar-refractivity contribution in [3.63, 3.8) is 0 Å². The average Bonchev–Trinajstić information content (AvgIpc) is 3.06. The van der Waals surface area contributed by atoms with Gasteiger partial charge in [0.25, 0.3) is 5.91 Å². The zero-order valence-electron chi connectivity index (χ0n) is 16.0. The summed E-state index contributed by atoms with van der Waals surface area (Å²) in [5.74, 6) is -1.26. The molecule has 0 aliphatic heterocycles. The highest BCUT2D eigenvalue weighted by Crippen LogP contribution is 2.27. The summed E-state index contributed by atoms with van der Waals surface area (Å²) >= 11 is 0. The summed E-state index contributed by atoms with van der Waals surface area (Å²) in [4.78, 5) is 24.7. The van der Waals surface area contributed by atoms with Crippen molar-refractivity contribution in [3.05, 3.63) is 36.0 Å². The molecule has 0 bridgehead atoms. The van der Waals surface area contributed by atoms with Gasteiger partial charge in [0.15, 0.2) is 17.3 Å². The number of pyridine rings is 2. The van der Waals surface area contributed by atoms with Gasteiger partial charge < -0.3 is 26.7 Å². The molecule has 0 aromatic carbocycles. The van der Waals surface area contributed by atoms with E-state index in [-0.39, 0.29) is 29.3 Å². The Morgan fingerprint density at radius 2 is 2.03 bits per heavy atom. The van der Waals surface area contributed by atoms with E-state index in [2.05, 4.69) is 25.6 Å². The first-order chi connectivity index (χ1) is 13.9. The van der Waals surface area contributed by atoms with Gasteiger partial charge in [-0.1, -0.05) is 12.8 Å². The molecule has 10 heteroatoms. The third-order valence-corrected chi connectivity index (χ3v) is 5.20. The number of aryl methyl sites for hydroxylation is 1. The first kappa shape index (κ1) is 19.1. The van der Waals surface area contributed by atoms with Crippen molar-refractivity contribution in [2.75, 3.05) is 10.6 Å². The largest absolute Gasteiger partial charge is 0.365 e. The van der Waals surface area contributed by atoms with E-state index in [0.29, 0.717) is 16.9 Å². The Hall–Kier alpha value is -3.27. The minimum absolute atomic E-state index is 0.0340. The minimum atomic E-state index is -0.785. The van der Waals surface area contributed by atoms with Crippen LogP contribution in [0, 0.1) is 5.82 Å². The predicted molar refractivity (Wildman–Crippen MR) is 108 cm³/mol. The third kappa shape index (κ3) is 3.83. The van der Waals surface area contributed by atoms with Crippen molar-refractivity contribution in [1.82, 2.24) is 19.5 Å². The monoisotopic (exact) mass is 398 g/mol. The lowest BCUT2D eigenvalue weighted by Crippen LogP contribution is -2.43. The highest BCUT2D eigenvalue weighted by molar-refractivity contribution is 5.98. The van der Waals surface area contributed by atoms with E-state index in [0.717, 1.165) is 31.7 Å². The van der Waals surface area contributed by atoms with E-state index < -0.39 is 11.7 Å². The normalized spacial score (nSPS) is 19.3. The van der Waals surface area contributed by atoms with Gasteiger partial charge in [0.1, 0.15) is 11.3 Å². The zero-order chi connectivity index (χ0) is 20.5. The van der Waals surface area contributed by atoms with Crippen LogP contribution in [0.3, 0.4) is 0 Å². The van der Waals surface area contributed by atoms with Gasteiger partial charge in [-0.15, -0.1) is 0 Å². The van der Waals surface area contributed by atoms with Gasteiger partial charge in [-0.3, -0.25) is 4.79 Å². The molecule has 1 amide bonds. The number of amides is 1. The maximum atomic E-state index is 14.6. The molecule has 3 heterocycles. The van der Waals surface area contributed by atoms with Gasteiger partial charge in [-0.25, -0.2) is 19.3 Å². The number of hydrogen-bond acceptors (Lipinski definition) is 7. The number of aromatic nitrogens is 4. The lowest BCUT2D eigenvalue weighted by atomic mass is 9.91. The lowest BCUT2D eigenvalue weighted by Gasteiger charge is -2.30. The Morgan fingerprint density at radius 1 is 1.24 bits per heavy atom. The second kappa shape index (κ2) is 7.63. The number of nitrogens with one attached hydrogen (secondary N) is 2. The molecule has 1 aliphatic rings. The number of rotatable bonds is 5. The van der Waals surface area contributed by atoms with Crippen LogP contribution in [0.25, 0.3) is 11.2 Å². The van der Waals surface area contributed by atoms with E-state index in [4.69, 9.17) is 11.5 Å². The molecule has 3 aromatic rings. The molecule has 2 atom stereocenters. The number of nitrogens with two attached hydrogens (primary N) is 2. The first-order valence-corrected chi connectivity index (χ1v) is 9.49. The number of halogens is 1. The smallest absolute Gasteiger partial charge is 0.252 e. The standard InChI is InChI=1S/C19H23FN8O/c1-28-9-24-15-6-10(8-23-19(15)28)25-17-11(16(22)29)7-12(20)18(27-17)26-14-5-3-2-4-13(14)21/h6-9,13-14H,2-5,21H2,1H3,(H2,22,29)(H2,25,26,27). The van der Waals surface area contributed by atoms with Crippen molar-refractivity contribution in [1.29, 1.82) is 0 Å². The van der Waals surface area contributed by atoms with Crippen LogP contribution in [-0.4, -0.2) is 37.5 Å². The Balaban J connectivity index is 1.67. The summed E-state index contributed by atoms with van der Waals surface area (Å²) < 4.78 is 16.4. The first-order valence-electron chi connectivity index (χ1n) is 9.49. The van der Waals surface area contributed by atoms with Crippen LogP contribution < -0.4 is 22.1 Å². The molecular formula is C19H23FN8O. The lowest BCUT2D eigenvalue weighted by molar-refractivity contribution is 0.100. The maximum Gasteiger partial charge on any atom is 0.252 e. The van der Waals surface area contributed by atoms with Crippen LogP contribution in [0.15, 0.2) is 24.7 Å². The summed E-state index contributed by atoms with van der Waals surface area (Å²) in [7, 11) is 1.84. The topological polar surface area (TPSA) is 137 Å². The van der Waals surface area contributed by atoms with Crippen LogP contribution in [-0.2, 0) is 7.05 Å². The molecule has 4 rings (SSSR count). The van der Waals surface area contributed by atoms with Gasteiger partial charge in [-0.05, 0) is 25.0 Å². The highest BCUT2D eigenvalue weighted by Gasteiger charge is 2.24. The second-order valence-corrected chi connectivity index (χ2v) is 7.33. The fourth-order valence-corrected chi connectivity index (χ4v) is 3.61. The second-order valence-electron chi connectivity index (χ2n) is 7.33. The Morgan fingerprint density at radius 3 is 2.79 bits per heavy atom. The number of carbonyl (C=O) groups excluding carboxylic acids is 1. The third-order valence-electron chi connectivity index (χ3n) is 5.20. The zero-order valence-corrected chi connectivity index (χ0v) is 16.0. The number of nitrogens with zero attached hydrogens (tertiary/aromatic N) is 4. The van der Waals surface area contributed by atoms with Crippen molar-refractivity contribution in [2.24, 2.45) is 18.5 Å². The number of carbonyl (C=O) groups is 1. The molecule has 0 spiro atoms. The Kier molecular flexibility index (Phi) is 5.01. The molecule has 1 aliphatic carbocycles. The summed E-state index contributed by atoms with van der Waals surface area (Å²) in [6.07, 6.45) is 7.03. The van der Waals surface area contributed by atoms with Gasteiger partial charge in [0, 0.05) is 19.1 Å². The van der Waals surface area contributed by atoms with Crippen LogP contribution in [0.2, 0.25) is 0 Å². The van der Waals surface area contributed by atoms with E-state index in [1.54, 1.807) is 23.2 Å². The minimum Gasteiger partial charge on any atom is -0.365 e. The molecule has 9 nitrogen and oxygen atoms in total. The number of primary amides is 1. The Bertz CT molecular complexity index is 1070. The summed E-state index contributed by atoms with van der Waals surface area (Å²) in [5.41, 5.74) is 13.5. The molecule has 0 saturated heterocycles. The van der Waals surface area contributed by atoms with Crippen molar-refractivity contribution in [3.8, 4) is 0 Å². The van der Waals surface area contributed by atoms with Crippen molar-refractivity contribution < 1.29 is 9.18 Å². The van der Waals surface area contributed by atoms with Gasteiger partial charge in [0.05, 0.1) is 23.8 Å². The molecule has 1 fully saturated rings.